The van der Waals surface area contributed by atoms with Crippen LogP contribution in [0.15, 0.2) is 45.9 Å². The quantitative estimate of drug-likeness (QED) is 0.803. The number of halogens is 1. The molecule has 0 saturated carbocycles. The first-order valence-electron chi connectivity index (χ1n) is 7.82. The molecule has 0 N–H and O–H groups in total. The van der Waals surface area contributed by atoms with Gasteiger partial charge in [0.2, 0.25) is 0 Å². The Morgan fingerprint density at radius 3 is 2.30 bits per heavy atom. The number of nitrogens with zero attached hydrogens (tertiary/aromatic N) is 3. The summed E-state index contributed by atoms with van der Waals surface area (Å²) in [7, 11) is 0. The normalized spacial score (nSPS) is 15.8. The third-order valence-corrected chi connectivity index (χ3v) is 3.98. The van der Waals surface area contributed by atoms with Gasteiger partial charge in [-0.2, -0.15) is 5.10 Å². The topological polar surface area (TPSA) is 32.0 Å². The predicted molar refractivity (Wildman–Crippen MR) is 96.3 cm³/mol. The van der Waals surface area contributed by atoms with Crippen LogP contribution in [0.5, 0.6) is 0 Å². The SMILES string of the molecule is Cc1ccc(CN2CCN(/N=C/c3ccc(C)o3)CC2)cc1.Cl. The first kappa shape index (κ1) is 17.6. The molecule has 2 heterocycles. The summed E-state index contributed by atoms with van der Waals surface area (Å²) >= 11 is 0. The second-order valence-corrected chi connectivity index (χ2v) is 5.91. The van der Waals surface area contributed by atoms with E-state index in [-0.39, 0.29) is 12.4 Å². The van der Waals surface area contributed by atoms with Crippen LogP contribution in [0.4, 0.5) is 0 Å². The van der Waals surface area contributed by atoms with Crippen LogP contribution in [0.2, 0.25) is 0 Å². The maximum Gasteiger partial charge on any atom is 0.147 e. The van der Waals surface area contributed by atoms with Crippen LogP contribution in [0.25, 0.3) is 0 Å². The minimum absolute atomic E-state index is 0. The van der Waals surface area contributed by atoms with Gasteiger partial charge in [-0.25, -0.2) is 0 Å². The van der Waals surface area contributed by atoms with E-state index in [4.69, 9.17) is 4.42 Å². The van der Waals surface area contributed by atoms with E-state index >= 15 is 0 Å². The van der Waals surface area contributed by atoms with Gasteiger partial charge >= 0.3 is 0 Å². The van der Waals surface area contributed by atoms with Crippen molar-refractivity contribution in [2.45, 2.75) is 20.4 Å². The molecule has 23 heavy (non-hydrogen) atoms. The summed E-state index contributed by atoms with van der Waals surface area (Å²) in [5.41, 5.74) is 2.70. The third kappa shape index (κ3) is 5.12. The van der Waals surface area contributed by atoms with Crippen molar-refractivity contribution in [3.05, 3.63) is 59.0 Å². The summed E-state index contributed by atoms with van der Waals surface area (Å²) < 4.78 is 5.50. The first-order chi connectivity index (χ1) is 10.7. The molecule has 124 valence electrons. The number of piperazine rings is 1. The van der Waals surface area contributed by atoms with Gasteiger partial charge in [0.1, 0.15) is 11.5 Å². The monoisotopic (exact) mass is 333 g/mol. The highest BCUT2D eigenvalue weighted by Gasteiger charge is 2.15. The second kappa shape index (κ2) is 8.18. The average Bonchev–Trinajstić information content (AvgIpc) is 2.94. The fourth-order valence-corrected chi connectivity index (χ4v) is 2.62. The van der Waals surface area contributed by atoms with E-state index in [2.05, 4.69) is 46.2 Å². The molecule has 1 aliphatic rings. The molecule has 0 aliphatic carbocycles. The Labute approximate surface area is 144 Å². The maximum atomic E-state index is 5.50. The van der Waals surface area contributed by atoms with Crippen molar-refractivity contribution >= 4 is 18.6 Å². The largest absolute Gasteiger partial charge is 0.460 e. The van der Waals surface area contributed by atoms with Gasteiger partial charge in [0.05, 0.1) is 6.21 Å². The summed E-state index contributed by atoms with van der Waals surface area (Å²) in [6.45, 7) is 9.10. The van der Waals surface area contributed by atoms with E-state index in [1.165, 1.54) is 11.1 Å². The third-order valence-electron chi connectivity index (χ3n) is 3.98. The number of furan rings is 1. The molecule has 1 fully saturated rings. The molecule has 1 saturated heterocycles. The van der Waals surface area contributed by atoms with Gasteiger partial charge in [-0.15, -0.1) is 12.4 Å². The Kier molecular flexibility index (Phi) is 6.25. The second-order valence-electron chi connectivity index (χ2n) is 5.91. The van der Waals surface area contributed by atoms with Gasteiger partial charge in [-0.3, -0.25) is 9.91 Å². The summed E-state index contributed by atoms with van der Waals surface area (Å²) in [6.07, 6.45) is 1.81. The van der Waals surface area contributed by atoms with Crippen molar-refractivity contribution < 1.29 is 4.42 Å². The lowest BCUT2D eigenvalue weighted by Gasteiger charge is -2.33. The molecule has 0 radical (unpaired) electrons. The summed E-state index contributed by atoms with van der Waals surface area (Å²) in [5, 5.41) is 6.62. The van der Waals surface area contributed by atoms with Crippen molar-refractivity contribution in [3.8, 4) is 0 Å². The Morgan fingerprint density at radius 1 is 1.00 bits per heavy atom. The fourth-order valence-electron chi connectivity index (χ4n) is 2.62. The maximum absolute atomic E-state index is 5.50. The minimum atomic E-state index is 0. The zero-order valence-corrected chi connectivity index (χ0v) is 14.6. The zero-order valence-electron chi connectivity index (χ0n) is 13.7. The molecule has 4 nitrogen and oxygen atoms in total. The van der Waals surface area contributed by atoms with Crippen molar-refractivity contribution in [1.29, 1.82) is 0 Å². The Hall–Kier alpha value is -1.78. The Balaban J connectivity index is 0.00000192. The molecule has 0 spiro atoms. The molecular formula is C18H24ClN3O. The highest BCUT2D eigenvalue weighted by molar-refractivity contribution is 5.85. The number of hydrazone groups is 1. The predicted octanol–water partition coefficient (Wildman–Crippen LogP) is 3.47. The van der Waals surface area contributed by atoms with Crippen molar-refractivity contribution in [2.75, 3.05) is 26.2 Å². The Morgan fingerprint density at radius 2 is 1.70 bits per heavy atom. The Bertz CT molecular complexity index is 628. The first-order valence-corrected chi connectivity index (χ1v) is 7.82. The molecule has 0 amide bonds. The lowest BCUT2D eigenvalue weighted by Crippen LogP contribution is -2.43. The van der Waals surface area contributed by atoms with E-state index in [0.717, 1.165) is 44.2 Å². The number of benzene rings is 1. The van der Waals surface area contributed by atoms with Gasteiger partial charge in [-0.1, -0.05) is 29.8 Å². The molecule has 1 aromatic carbocycles. The lowest BCUT2D eigenvalue weighted by atomic mass is 10.1. The van der Waals surface area contributed by atoms with Crippen LogP contribution in [0.3, 0.4) is 0 Å². The highest BCUT2D eigenvalue weighted by atomic mass is 35.5. The van der Waals surface area contributed by atoms with Crippen molar-refractivity contribution in [1.82, 2.24) is 9.91 Å². The molecule has 0 bridgehead atoms. The van der Waals surface area contributed by atoms with E-state index in [1.807, 2.05) is 25.3 Å². The lowest BCUT2D eigenvalue weighted by molar-refractivity contribution is 0.131. The van der Waals surface area contributed by atoms with Gasteiger partial charge in [0, 0.05) is 32.7 Å². The summed E-state index contributed by atoms with van der Waals surface area (Å²) in [5.74, 6) is 1.74. The smallest absolute Gasteiger partial charge is 0.147 e. The van der Waals surface area contributed by atoms with Gasteiger partial charge < -0.3 is 4.42 Å². The molecule has 1 aliphatic heterocycles. The van der Waals surface area contributed by atoms with Crippen LogP contribution < -0.4 is 0 Å². The van der Waals surface area contributed by atoms with E-state index in [0.29, 0.717) is 0 Å². The van der Waals surface area contributed by atoms with E-state index < -0.39 is 0 Å². The number of hydrogen-bond donors (Lipinski definition) is 0. The number of rotatable bonds is 4. The molecule has 5 heteroatoms. The summed E-state index contributed by atoms with van der Waals surface area (Å²) in [6, 6.07) is 12.7. The van der Waals surface area contributed by atoms with Gasteiger partial charge in [-0.05, 0) is 31.5 Å². The summed E-state index contributed by atoms with van der Waals surface area (Å²) in [4.78, 5) is 2.48. The standard InChI is InChI=1S/C18H23N3O.ClH/c1-15-3-6-17(7-4-15)14-20-9-11-21(12-10-20)19-13-18-8-5-16(2)22-18;/h3-8,13H,9-12,14H2,1-2H3;1H/b19-13+;. The minimum Gasteiger partial charge on any atom is -0.460 e. The molecule has 0 unspecified atom stereocenters. The van der Waals surface area contributed by atoms with Crippen molar-refractivity contribution in [2.24, 2.45) is 5.10 Å². The van der Waals surface area contributed by atoms with Crippen LogP contribution >= 0.6 is 12.4 Å². The molecule has 3 rings (SSSR count). The molecule has 0 atom stereocenters. The van der Waals surface area contributed by atoms with Crippen LogP contribution in [0.1, 0.15) is 22.6 Å². The van der Waals surface area contributed by atoms with Gasteiger partial charge in [0.25, 0.3) is 0 Å². The number of hydrogen-bond acceptors (Lipinski definition) is 4. The highest BCUT2D eigenvalue weighted by Crippen LogP contribution is 2.10. The van der Waals surface area contributed by atoms with E-state index in [9.17, 15) is 0 Å². The molecular weight excluding hydrogens is 310 g/mol. The zero-order chi connectivity index (χ0) is 15.4. The van der Waals surface area contributed by atoms with Gasteiger partial charge in [0.15, 0.2) is 0 Å². The average molecular weight is 334 g/mol. The number of aryl methyl sites for hydroxylation is 2. The van der Waals surface area contributed by atoms with E-state index in [1.54, 1.807) is 0 Å². The molecule has 2 aromatic rings. The fraction of sp³-hybridized carbons (Fsp3) is 0.389. The van der Waals surface area contributed by atoms with Crippen LogP contribution in [-0.4, -0.2) is 42.3 Å². The van der Waals surface area contributed by atoms with Crippen LogP contribution in [0, 0.1) is 13.8 Å². The molecule has 1 aromatic heterocycles. The van der Waals surface area contributed by atoms with Crippen molar-refractivity contribution in [3.63, 3.8) is 0 Å². The van der Waals surface area contributed by atoms with Crippen LogP contribution in [-0.2, 0) is 6.54 Å².